The zero-order valence-corrected chi connectivity index (χ0v) is 14.6. The molecule has 0 spiro atoms. The summed E-state index contributed by atoms with van der Waals surface area (Å²) < 4.78 is 1.37. The number of pyridine rings is 1. The van der Waals surface area contributed by atoms with E-state index in [0.29, 0.717) is 16.5 Å². The van der Waals surface area contributed by atoms with Crippen LogP contribution in [0.2, 0.25) is 0 Å². The molecule has 0 fully saturated rings. The third-order valence-electron chi connectivity index (χ3n) is 4.34. The van der Waals surface area contributed by atoms with E-state index in [4.69, 9.17) is 0 Å². The molecule has 1 N–H and O–H groups in total. The molecule has 0 aromatic carbocycles. The van der Waals surface area contributed by atoms with Crippen molar-refractivity contribution >= 4 is 22.2 Å². The lowest BCUT2D eigenvalue weighted by molar-refractivity contribution is -0.116. The van der Waals surface area contributed by atoms with Gasteiger partial charge >= 0.3 is 0 Å². The summed E-state index contributed by atoms with van der Waals surface area (Å²) in [6.07, 6.45) is 4.54. The number of carbonyl (C=O) groups is 1. The van der Waals surface area contributed by atoms with E-state index in [2.05, 4.69) is 18.3 Å². The van der Waals surface area contributed by atoms with Crippen molar-refractivity contribution in [2.24, 2.45) is 5.92 Å². The van der Waals surface area contributed by atoms with Gasteiger partial charge in [0.05, 0.1) is 5.56 Å². The van der Waals surface area contributed by atoms with Gasteiger partial charge in [0.1, 0.15) is 17.6 Å². The molecule has 124 valence electrons. The number of anilines is 1. The molecule has 0 radical (unpaired) electrons. The normalized spacial score (nSPS) is 16.3. The van der Waals surface area contributed by atoms with Crippen LogP contribution in [-0.4, -0.2) is 10.5 Å². The minimum Gasteiger partial charge on any atom is -0.315 e. The summed E-state index contributed by atoms with van der Waals surface area (Å²) in [5, 5.41) is 12.9. The van der Waals surface area contributed by atoms with Gasteiger partial charge in [0.25, 0.3) is 5.56 Å². The molecule has 6 heteroatoms. The Morgan fingerprint density at radius 3 is 3.04 bits per heavy atom. The first kappa shape index (κ1) is 16.5. The van der Waals surface area contributed by atoms with Gasteiger partial charge in [-0.2, -0.15) is 5.26 Å². The maximum Gasteiger partial charge on any atom is 0.251 e. The predicted octanol–water partition coefficient (Wildman–Crippen LogP) is 2.85. The first-order valence-corrected chi connectivity index (χ1v) is 8.81. The average molecular weight is 341 g/mol. The van der Waals surface area contributed by atoms with Gasteiger partial charge in [-0.15, -0.1) is 11.3 Å². The van der Waals surface area contributed by atoms with Crippen LogP contribution < -0.4 is 10.9 Å². The second-order valence-corrected chi connectivity index (χ2v) is 7.49. The van der Waals surface area contributed by atoms with Crippen LogP contribution in [0.25, 0.3) is 0 Å². The number of nitriles is 1. The molecule has 1 aliphatic rings. The van der Waals surface area contributed by atoms with E-state index < -0.39 is 0 Å². The van der Waals surface area contributed by atoms with Crippen LogP contribution in [0.5, 0.6) is 0 Å². The lowest BCUT2D eigenvalue weighted by Gasteiger charge is -2.17. The minimum atomic E-state index is -0.288. The average Bonchev–Trinajstić information content (AvgIpc) is 2.86. The summed E-state index contributed by atoms with van der Waals surface area (Å²) in [6.45, 7) is 3.99. The van der Waals surface area contributed by atoms with E-state index >= 15 is 0 Å². The topological polar surface area (TPSA) is 74.9 Å². The van der Waals surface area contributed by atoms with Gasteiger partial charge < -0.3 is 9.88 Å². The summed E-state index contributed by atoms with van der Waals surface area (Å²) in [6, 6.07) is 5.53. The Bertz CT molecular complexity index is 889. The van der Waals surface area contributed by atoms with Crippen LogP contribution in [0, 0.1) is 24.2 Å². The first-order valence-electron chi connectivity index (χ1n) is 7.99. The van der Waals surface area contributed by atoms with E-state index in [1.165, 1.54) is 26.8 Å². The Hall–Kier alpha value is -2.39. The quantitative estimate of drug-likeness (QED) is 0.933. The second kappa shape index (κ2) is 6.62. The number of nitrogens with one attached hydrogen (secondary N) is 1. The highest BCUT2D eigenvalue weighted by molar-refractivity contribution is 7.16. The molecule has 1 aliphatic carbocycles. The Morgan fingerprint density at radius 1 is 1.54 bits per heavy atom. The van der Waals surface area contributed by atoms with Crippen molar-refractivity contribution in [1.82, 2.24) is 4.57 Å². The monoisotopic (exact) mass is 341 g/mol. The second-order valence-electron chi connectivity index (χ2n) is 6.39. The molecule has 3 rings (SSSR count). The molecular formula is C18H19N3O2S. The third-order valence-corrected chi connectivity index (χ3v) is 5.51. The van der Waals surface area contributed by atoms with Crippen LogP contribution in [0.15, 0.2) is 23.1 Å². The van der Waals surface area contributed by atoms with Crippen molar-refractivity contribution in [3.63, 3.8) is 0 Å². The number of rotatable bonds is 3. The number of aryl methyl sites for hydroxylation is 1. The predicted molar refractivity (Wildman–Crippen MR) is 94.3 cm³/mol. The molecule has 0 aliphatic heterocycles. The summed E-state index contributed by atoms with van der Waals surface area (Å²) in [5.74, 6) is 0.321. The standard InChI is InChI=1S/C18H19N3O2S/c1-11-3-4-13-14(9-19)18(24-15(13)7-11)20-16(22)10-21-6-5-12(2)8-17(21)23/h5-6,8,11H,3-4,7,10H2,1-2H3,(H,20,22). The highest BCUT2D eigenvalue weighted by Gasteiger charge is 2.24. The number of carbonyl (C=O) groups excluding carboxylic acids is 1. The Balaban J connectivity index is 1.80. The van der Waals surface area contributed by atoms with E-state index in [9.17, 15) is 14.9 Å². The number of nitrogens with zero attached hydrogens (tertiary/aromatic N) is 2. The fraction of sp³-hybridized carbons (Fsp3) is 0.389. The van der Waals surface area contributed by atoms with Crippen molar-refractivity contribution in [3.05, 3.63) is 50.3 Å². The van der Waals surface area contributed by atoms with Crippen LogP contribution in [-0.2, 0) is 24.2 Å². The number of hydrogen-bond donors (Lipinski definition) is 1. The lowest BCUT2D eigenvalue weighted by atomic mass is 9.89. The number of hydrogen-bond acceptors (Lipinski definition) is 4. The molecule has 2 heterocycles. The molecule has 2 aromatic heterocycles. The van der Waals surface area contributed by atoms with E-state index in [1.54, 1.807) is 12.3 Å². The number of aromatic nitrogens is 1. The lowest BCUT2D eigenvalue weighted by Crippen LogP contribution is -2.26. The van der Waals surface area contributed by atoms with Gasteiger partial charge in [0.15, 0.2) is 0 Å². The first-order chi connectivity index (χ1) is 11.5. The third kappa shape index (κ3) is 3.26. The molecule has 1 unspecified atom stereocenters. The summed E-state index contributed by atoms with van der Waals surface area (Å²) in [4.78, 5) is 25.4. The van der Waals surface area contributed by atoms with Crippen molar-refractivity contribution in [2.75, 3.05) is 5.32 Å². The fourth-order valence-corrected chi connectivity index (χ4v) is 4.39. The summed E-state index contributed by atoms with van der Waals surface area (Å²) >= 11 is 1.49. The number of amides is 1. The molecule has 5 nitrogen and oxygen atoms in total. The fourth-order valence-electron chi connectivity index (χ4n) is 3.02. The van der Waals surface area contributed by atoms with Crippen LogP contribution in [0.3, 0.4) is 0 Å². The smallest absolute Gasteiger partial charge is 0.251 e. The minimum absolute atomic E-state index is 0.0526. The van der Waals surface area contributed by atoms with Gasteiger partial charge in [-0.1, -0.05) is 6.92 Å². The van der Waals surface area contributed by atoms with Crippen LogP contribution >= 0.6 is 11.3 Å². The van der Waals surface area contributed by atoms with E-state index in [-0.39, 0.29) is 18.0 Å². The molecule has 1 amide bonds. The number of thiophene rings is 1. The summed E-state index contributed by atoms with van der Waals surface area (Å²) in [7, 11) is 0. The van der Waals surface area contributed by atoms with Gasteiger partial charge in [-0.25, -0.2) is 0 Å². The van der Waals surface area contributed by atoms with Crippen LogP contribution in [0.1, 0.15) is 34.9 Å². The number of fused-ring (bicyclic) bond motifs is 1. The van der Waals surface area contributed by atoms with Gasteiger partial charge in [0.2, 0.25) is 5.91 Å². The van der Waals surface area contributed by atoms with Gasteiger partial charge in [-0.05, 0) is 49.3 Å². The van der Waals surface area contributed by atoms with Crippen molar-refractivity contribution in [3.8, 4) is 6.07 Å². The molecule has 1 atom stereocenters. The van der Waals surface area contributed by atoms with Crippen molar-refractivity contribution < 1.29 is 4.79 Å². The zero-order valence-electron chi connectivity index (χ0n) is 13.8. The van der Waals surface area contributed by atoms with E-state index in [0.717, 1.165) is 30.4 Å². The van der Waals surface area contributed by atoms with E-state index in [1.807, 2.05) is 6.92 Å². The molecule has 0 saturated carbocycles. The summed E-state index contributed by atoms with van der Waals surface area (Å²) in [5.41, 5.74) is 2.34. The van der Waals surface area contributed by atoms with Crippen LogP contribution in [0.4, 0.5) is 5.00 Å². The molecule has 0 bridgehead atoms. The molecule has 0 saturated heterocycles. The Morgan fingerprint density at radius 2 is 2.33 bits per heavy atom. The van der Waals surface area contributed by atoms with Crippen molar-refractivity contribution in [2.45, 2.75) is 39.7 Å². The highest BCUT2D eigenvalue weighted by atomic mass is 32.1. The maximum atomic E-state index is 12.3. The molecule has 2 aromatic rings. The molecular weight excluding hydrogens is 322 g/mol. The SMILES string of the molecule is Cc1ccn(CC(=O)Nc2sc3c(c2C#N)CCC(C)C3)c(=O)c1. The maximum absolute atomic E-state index is 12.3. The zero-order chi connectivity index (χ0) is 17.3. The Kier molecular flexibility index (Phi) is 4.54. The highest BCUT2D eigenvalue weighted by Crippen LogP contribution is 2.39. The molecule has 24 heavy (non-hydrogen) atoms. The van der Waals surface area contributed by atoms with Gasteiger partial charge in [-0.3, -0.25) is 9.59 Å². The van der Waals surface area contributed by atoms with Gasteiger partial charge in [0, 0.05) is 17.1 Å². The van der Waals surface area contributed by atoms with Crippen molar-refractivity contribution in [1.29, 1.82) is 5.26 Å². The largest absolute Gasteiger partial charge is 0.315 e. The Labute approximate surface area is 144 Å².